The van der Waals surface area contributed by atoms with Gasteiger partial charge in [0.15, 0.2) is 0 Å². The molecule has 2 aliphatic rings. The molecule has 0 fully saturated rings. The molecular formula is C29H29N3O2. The van der Waals surface area contributed by atoms with Gasteiger partial charge in [-0.05, 0) is 67.6 Å². The number of fused-ring (bicyclic) bond motifs is 1. The zero-order valence-corrected chi connectivity index (χ0v) is 20.1. The zero-order chi connectivity index (χ0) is 24.0. The fourth-order valence-electron chi connectivity index (χ4n) is 5.02. The van der Waals surface area contributed by atoms with Gasteiger partial charge in [-0.15, -0.1) is 0 Å². The lowest BCUT2D eigenvalue weighted by Crippen LogP contribution is -2.37. The molecule has 0 aliphatic carbocycles. The number of amides is 2. The van der Waals surface area contributed by atoms with Crippen molar-refractivity contribution in [1.82, 2.24) is 0 Å². The van der Waals surface area contributed by atoms with Gasteiger partial charge in [-0.2, -0.15) is 0 Å². The van der Waals surface area contributed by atoms with Gasteiger partial charge >= 0.3 is 0 Å². The maximum atomic E-state index is 14.1. The van der Waals surface area contributed by atoms with Crippen LogP contribution in [-0.2, 0) is 16.0 Å². The Morgan fingerprint density at radius 2 is 1.65 bits per heavy atom. The van der Waals surface area contributed by atoms with Gasteiger partial charge in [0, 0.05) is 32.0 Å². The van der Waals surface area contributed by atoms with E-state index in [0.29, 0.717) is 23.5 Å². The van der Waals surface area contributed by atoms with Crippen molar-refractivity contribution in [2.24, 2.45) is 0 Å². The summed E-state index contributed by atoms with van der Waals surface area (Å²) in [5, 5.41) is 0. The molecule has 0 unspecified atom stereocenters. The number of aryl methyl sites for hydroxylation is 3. The van der Waals surface area contributed by atoms with E-state index in [1.807, 2.05) is 87.4 Å². The number of carbonyl (C=O) groups excluding carboxylic acids is 2. The Bertz CT molecular complexity index is 1340. The first kappa shape index (κ1) is 22.0. The third-order valence-corrected chi connectivity index (χ3v) is 6.70. The van der Waals surface area contributed by atoms with Gasteiger partial charge in [0.05, 0.1) is 11.3 Å². The molecule has 34 heavy (non-hydrogen) atoms. The quantitative estimate of drug-likeness (QED) is 0.517. The zero-order valence-electron chi connectivity index (χ0n) is 20.1. The van der Waals surface area contributed by atoms with E-state index in [9.17, 15) is 9.59 Å². The average Bonchev–Trinajstić information content (AvgIpc) is 3.08. The number of nitrogens with zero attached hydrogens (tertiary/aromatic N) is 3. The molecule has 3 aromatic rings. The second kappa shape index (κ2) is 8.49. The first-order valence-corrected chi connectivity index (χ1v) is 11.7. The Balaban J connectivity index is 1.71. The van der Waals surface area contributed by atoms with Gasteiger partial charge in [0.2, 0.25) is 0 Å². The fourth-order valence-corrected chi connectivity index (χ4v) is 5.02. The summed E-state index contributed by atoms with van der Waals surface area (Å²) in [6.45, 7) is 4.74. The summed E-state index contributed by atoms with van der Waals surface area (Å²) in [7, 11) is 3.89. The summed E-state index contributed by atoms with van der Waals surface area (Å²) in [5.74, 6) is -0.543. The number of para-hydroxylation sites is 1. The summed E-state index contributed by atoms with van der Waals surface area (Å²) < 4.78 is 0. The Morgan fingerprint density at radius 3 is 2.41 bits per heavy atom. The normalized spacial score (nSPS) is 15.8. The maximum absolute atomic E-state index is 14.1. The lowest BCUT2D eigenvalue weighted by atomic mass is 9.95. The van der Waals surface area contributed by atoms with Crippen LogP contribution in [0.15, 0.2) is 72.4 Å². The maximum Gasteiger partial charge on any atom is 0.282 e. The largest absolute Gasteiger partial charge is 0.378 e. The minimum atomic E-state index is -0.272. The van der Waals surface area contributed by atoms with Crippen molar-refractivity contribution in [2.75, 3.05) is 35.3 Å². The number of hydrogen-bond donors (Lipinski definition) is 0. The number of rotatable bonds is 4. The molecule has 5 nitrogen and oxygen atoms in total. The van der Waals surface area contributed by atoms with Crippen molar-refractivity contribution in [3.8, 4) is 0 Å². The van der Waals surface area contributed by atoms with Crippen molar-refractivity contribution < 1.29 is 9.59 Å². The molecule has 0 N–H and O–H groups in total. The highest BCUT2D eigenvalue weighted by molar-refractivity contribution is 6.46. The molecule has 0 aromatic heterocycles. The molecule has 0 saturated heterocycles. The number of benzene rings is 3. The molecule has 0 bridgehead atoms. The van der Waals surface area contributed by atoms with Crippen LogP contribution >= 0.6 is 0 Å². The van der Waals surface area contributed by atoms with Crippen molar-refractivity contribution in [1.29, 1.82) is 0 Å². The lowest BCUT2D eigenvalue weighted by Gasteiger charge is -2.32. The molecule has 2 aliphatic heterocycles. The van der Waals surface area contributed by atoms with Crippen molar-refractivity contribution in [2.45, 2.75) is 26.7 Å². The molecule has 0 saturated carbocycles. The van der Waals surface area contributed by atoms with E-state index in [1.165, 1.54) is 10.5 Å². The van der Waals surface area contributed by atoms with Crippen LogP contribution in [0.2, 0.25) is 0 Å². The Labute approximate surface area is 200 Å². The van der Waals surface area contributed by atoms with Crippen molar-refractivity contribution >= 4 is 34.4 Å². The highest BCUT2D eigenvalue weighted by Crippen LogP contribution is 2.40. The van der Waals surface area contributed by atoms with E-state index in [2.05, 4.69) is 17.0 Å². The van der Waals surface area contributed by atoms with Gasteiger partial charge in [-0.1, -0.05) is 48.0 Å². The van der Waals surface area contributed by atoms with Crippen LogP contribution in [0.25, 0.3) is 5.57 Å². The SMILES string of the molecule is Cc1ccc(C2=C(N3CCCc4ccccc43)C(=O)N(c3cccc(N(C)C)c3)C2=O)c(C)c1. The van der Waals surface area contributed by atoms with Crippen molar-refractivity contribution in [3.63, 3.8) is 0 Å². The summed E-state index contributed by atoms with van der Waals surface area (Å²) in [4.78, 5) is 33.4. The molecule has 0 radical (unpaired) electrons. The summed E-state index contributed by atoms with van der Waals surface area (Å²) in [6, 6.07) is 21.8. The number of imide groups is 1. The van der Waals surface area contributed by atoms with E-state index in [0.717, 1.165) is 40.9 Å². The fraction of sp³-hybridized carbons (Fsp3) is 0.241. The summed E-state index contributed by atoms with van der Waals surface area (Å²) in [5.41, 5.74) is 7.61. The molecular weight excluding hydrogens is 422 g/mol. The summed E-state index contributed by atoms with van der Waals surface area (Å²) in [6.07, 6.45) is 1.90. The first-order chi connectivity index (χ1) is 16.4. The molecule has 3 aromatic carbocycles. The number of carbonyl (C=O) groups is 2. The standard InChI is InChI=1S/C29H29N3O2/c1-19-14-15-24(20(2)17-19)26-27(31-16-8-10-21-9-5-6-13-25(21)31)29(34)32(28(26)33)23-12-7-11-22(18-23)30(3)4/h5-7,9,11-15,17-18H,8,10,16H2,1-4H3. The Morgan fingerprint density at radius 1 is 0.853 bits per heavy atom. The van der Waals surface area contributed by atoms with E-state index >= 15 is 0 Å². The Hall–Kier alpha value is -3.86. The topological polar surface area (TPSA) is 43.9 Å². The molecule has 5 rings (SSSR count). The molecule has 5 heteroatoms. The molecule has 2 amide bonds. The van der Waals surface area contributed by atoms with Crippen LogP contribution in [-0.4, -0.2) is 32.5 Å². The smallest absolute Gasteiger partial charge is 0.282 e. The monoisotopic (exact) mass is 451 g/mol. The van der Waals surface area contributed by atoms with Crippen LogP contribution in [0.1, 0.15) is 28.7 Å². The average molecular weight is 452 g/mol. The third kappa shape index (κ3) is 3.58. The van der Waals surface area contributed by atoms with Crippen LogP contribution < -0.4 is 14.7 Å². The van der Waals surface area contributed by atoms with Gasteiger partial charge in [-0.3, -0.25) is 9.59 Å². The first-order valence-electron chi connectivity index (χ1n) is 11.7. The Kier molecular flexibility index (Phi) is 5.48. The minimum absolute atomic E-state index is 0.271. The highest BCUT2D eigenvalue weighted by atomic mass is 16.2. The second-order valence-corrected chi connectivity index (χ2v) is 9.29. The van der Waals surface area contributed by atoms with Crippen LogP contribution in [0.5, 0.6) is 0 Å². The van der Waals surface area contributed by atoms with Gasteiger partial charge in [0.25, 0.3) is 11.8 Å². The predicted octanol–water partition coefficient (Wildman–Crippen LogP) is 5.11. The van der Waals surface area contributed by atoms with Crippen LogP contribution in [0.4, 0.5) is 17.1 Å². The number of anilines is 3. The van der Waals surface area contributed by atoms with Crippen molar-refractivity contribution in [3.05, 3.63) is 94.7 Å². The summed E-state index contributed by atoms with van der Waals surface area (Å²) >= 11 is 0. The second-order valence-electron chi connectivity index (χ2n) is 9.29. The molecule has 0 spiro atoms. The van der Waals surface area contributed by atoms with E-state index in [1.54, 1.807) is 0 Å². The van der Waals surface area contributed by atoms with Gasteiger partial charge < -0.3 is 9.80 Å². The third-order valence-electron chi connectivity index (χ3n) is 6.70. The molecule has 2 heterocycles. The predicted molar refractivity (Wildman–Crippen MR) is 138 cm³/mol. The van der Waals surface area contributed by atoms with E-state index < -0.39 is 0 Å². The van der Waals surface area contributed by atoms with Gasteiger partial charge in [-0.25, -0.2) is 4.90 Å². The minimum Gasteiger partial charge on any atom is -0.378 e. The number of hydrogen-bond acceptors (Lipinski definition) is 4. The van der Waals surface area contributed by atoms with E-state index in [-0.39, 0.29) is 11.8 Å². The molecule has 0 atom stereocenters. The highest BCUT2D eigenvalue weighted by Gasteiger charge is 2.44. The molecule has 172 valence electrons. The van der Waals surface area contributed by atoms with Crippen LogP contribution in [0, 0.1) is 13.8 Å². The lowest BCUT2D eigenvalue weighted by molar-refractivity contribution is -0.120. The van der Waals surface area contributed by atoms with Gasteiger partial charge in [0.1, 0.15) is 5.70 Å². The van der Waals surface area contributed by atoms with E-state index in [4.69, 9.17) is 0 Å². The van der Waals surface area contributed by atoms with Crippen LogP contribution in [0.3, 0.4) is 0 Å².